The van der Waals surface area contributed by atoms with Gasteiger partial charge in [0.05, 0.1) is 5.92 Å². The predicted molar refractivity (Wildman–Crippen MR) is 89.1 cm³/mol. The standard InChI is InChI=1S/C17H24N4O3/c1-14(22)24-17(23)15-4-8-20(9-5-15)21-12-10-19(11-13-21)16-2-6-18-7-3-16/h2-3,6-7,15H,4-5,8-13H2,1H3. The highest BCUT2D eigenvalue weighted by Gasteiger charge is 2.30. The number of hydrogen-bond donors (Lipinski definition) is 0. The number of piperidine rings is 1. The first-order chi connectivity index (χ1) is 11.6. The predicted octanol–water partition coefficient (Wildman–Crippen LogP) is 0.920. The Balaban J connectivity index is 1.45. The summed E-state index contributed by atoms with van der Waals surface area (Å²) >= 11 is 0. The fraction of sp³-hybridized carbons (Fsp3) is 0.588. The molecule has 2 saturated heterocycles. The molecule has 0 atom stereocenters. The smallest absolute Gasteiger partial charge is 0.316 e. The lowest BCUT2D eigenvalue weighted by Gasteiger charge is -2.44. The third-order valence-corrected chi connectivity index (χ3v) is 4.73. The van der Waals surface area contributed by atoms with Gasteiger partial charge in [-0.25, -0.2) is 10.0 Å². The molecular weight excluding hydrogens is 308 g/mol. The molecule has 2 aliphatic rings. The van der Waals surface area contributed by atoms with Crippen LogP contribution in [0.1, 0.15) is 19.8 Å². The molecule has 0 unspecified atom stereocenters. The van der Waals surface area contributed by atoms with Crippen molar-refractivity contribution in [3.8, 4) is 0 Å². The van der Waals surface area contributed by atoms with Crippen molar-refractivity contribution in [2.45, 2.75) is 19.8 Å². The Bertz CT molecular complexity index is 564. The van der Waals surface area contributed by atoms with Crippen molar-refractivity contribution in [2.75, 3.05) is 44.2 Å². The van der Waals surface area contributed by atoms with Gasteiger partial charge >= 0.3 is 11.9 Å². The lowest BCUT2D eigenvalue weighted by molar-refractivity contribution is -0.163. The Morgan fingerprint density at radius 2 is 1.58 bits per heavy atom. The van der Waals surface area contributed by atoms with Crippen LogP contribution in [-0.4, -0.2) is 66.2 Å². The summed E-state index contributed by atoms with van der Waals surface area (Å²) in [5.41, 5.74) is 1.22. The Hall–Kier alpha value is -1.99. The third-order valence-electron chi connectivity index (χ3n) is 4.73. The van der Waals surface area contributed by atoms with E-state index in [-0.39, 0.29) is 11.9 Å². The number of carbonyl (C=O) groups is 2. The summed E-state index contributed by atoms with van der Waals surface area (Å²) in [7, 11) is 0. The number of hydrogen-bond acceptors (Lipinski definition) is 7. The first-order valence-corrected chi connectivity index (χ1v) is 8.50. The van der Waals surface area contributed by atoms with Gasteiger partial charge in [-0.05, 0) is 25.0 Å². The van der Waals surface area contributed by atoms with E-state index in [0.717, 1.165) is 52.1 Å². The highest BCUT2D eigenvalue weighted by molar-refractivity contribution is 5.85. The third kappa shape index (κ3) is 4.10. The molecule has 2 fully saturated rings. The van der Waals surface area contributed by atoms with Crippen LogP contribution in [0.3, 0.4) is 0 Å². The number of carbonyl (C=O) groups excluding carboxylic acids is 2. The number of anilines is 1. The number of esters is 2. The molecule has 1 aromatic heterocycles. The zero-order chi connectivity index (χ0) is 16.9. The van der Waals surface area contributed by atoms with Gasteiger partial charge in [0.1, 0.15) is 0 Å². The van der Waals surface area contributed by atoms with Gasteiger partial charge in [-0.15, -0.1) is 0 Å². The average Bonchev–Trinajstić information content (AvgIpc) is 2.62. The largest absolute Gasteiger partial charge is 0.393 e. The summed E-state index contributed by atoms with van der Waals surface area (Å²) in [5, 5.41) is 4.71. The Morgan fingerprint density at radius 1 is 1.00 bits per heavy atom. The molecule has 0 aromatic carbocycles. The Labute approximate surface area is 142 Å². The second-order valence-electron chi connectivity index (χ2n) is 6.29. The van der Waals surface area contributed by atoms with Crippen LogP contribution in [0, 0.1) is 5.92 Å². The molecule has 24 heavy (non-hydrogen) atoms. The van der Waals surface area contributed by atoms with E-state index < -0.39 is 5.97 Å². The number of pyridine rings is 1. The van der Waals surface area contributed by atoms with Gasteiger partial charge in [0, 0.05) is 64.3 Å². The lowest BCUT2D eigenvalue weighted by Crippen LogP contribution is -2.56. The monoisotopic (exact) mass is 332 g/mol. The van der Waals surface area contributed by atoms with Crippen LogP contribution in [0.4, 0.5) is 5.69 Å². The van der Waals surface area contributed by atoms with E-state index in [1.165, 1.54) is 12.6 Å². The summed E-state index contributed by atoms with van der Waals surface area (Å²) in [6.45, 7) is 6.87. The van der Waals surface area contributed by atoms with E-state index in [9.17, 15) is 9.59 Å². The zero-order valence-electron chi connectivity index (χ0n) is 14.1. The molecule has 0 spiro atoms. The first kappa shape index (κ1) is 16.9. The van der Waals surface area contributed by atoms with Crippen LogP contribution in [-0.2, 0) is 14.3 Å². The molecule has 2 aliphatic heterocycles. The number of hydrazine groups is 1. The molecule has 3 heterocycles. The van der Waals surface area contributed by atoms with Crippen LogP contribution in [0.25, 0.3) is 0 Å². The molecule has 130 valence electrons. The van der Waals surface area contributed by atoms with E-state index >= 15 is 0 Å². The van der Waals surface area contributed by atoms with Gasteiger partial charge in [0.2, 0.25) is 0 Å². The van der Waals surface area contributed by atoms with Crippen LogP contribution in [0.2, 0.25) is 0 Å². The van der Waals surface area contributed by atoms with Crippen molar-refractivity contribution >= 4 is 17.6 Å². The summed E-state index contributed by atoms with van der Waals surface area (Å²) in [5.74, 6) is -1.04. The van der Waals surface area contributed by atoms with Crippen LogP contribution >= 0.6 is 0 Å². The minimum Gasteiger partial charge on any atom is -0.393 e. The fourth-order valence-electron chi connectivity index (χ4n) is 3.40. The van der Waals surface area contributed by atoms with Gasteiger partial charge in [0.15, 0.2) is 0 Å². The number of rotatable bonds is 3. The molecule has 7 heteroatoms. The number of aromatic nitrogens is 1. The van der Waals surface area contributed by atoms with Crippen molar-refractivity contribution in [3.05, 3.63) is 24.5 Å². The number of ether oxygens (including phenoxy) is 1. The van der Waals surface area contributed by atoms with Gasteiger partial charge in [-0.1, -0.05) is 0 Å². The quantitative estimate of drug-likeness (QED) is 0.602. The minimum atomic E-state index is -0.519. The van der Waals surface area contributed by atoms with Crippen LogP contribution in [0.5, 0.6) is 0 Å². The van der Waals surface area contributed by atoms with Gasteiger partial charge < -0.3 is 9.64 Å². The summed E-state index contributed by atoms with van der Waals surface area (Å²) in [6, 6.07) is 4.09. The maximum Gasteiger partial charge on any atom is 0.316 e. The number of nitrogens with zero attached hydrogens (tertiary/aromatic N) is 4. The van der Waals surface area contributed by atoms with Gasteiger partial charge in [-0.2, -0.15) is 0 Å². The molecule has 7 nitrogen and oxygen atoms in total. The Morgan fingerprint density at radius 3 is 2.17 bits per heavy atom. The van der Waals surface area contributed by atoms with Crippen LogP contribution < -0.4 is 4.90 Å². The maximum atomic E-state index is 11.8. The molecule has 0 saturated carbocycles. The summed E-state index contributed by atoms with van der Waals surface area (Å²) in [6.07, 6.45) is 5.15. The van der Waals surface area contributed by atoms with Crippen molar-refractivity contribution < 1.29 is 14.3 Å². The van der Waals surface area contributed by atoms with Crippen molar-refractivity contribution in [3.63, 3.8) is 0 Å². The number of piperazine rings is 1. The molecule has 0 N–H and O–H groups in total. The molecule has 0 aliphatic carbocycles. The highest BCUT2D eigenvalue weighted by atomic mass is 16.6. The van der Waals surface area contributed by atoms with Crippen LogP contribution in [0.15, 0.2) is 24.5 Å². The van der Waals surface area contributed by atoms with Gasteiger partial charge in [-0.3, -0.25) is 14.6 Å². The summed E-state index contributed by atoms with van der Waals surface area (Å²) < 4.78 is 4.71. The molecular formula is C17H24N4O3. The normalized spacial score (nSPS) is 20.8. The molecule has 1 aromatic rings. The minimum absolute atomic E-state index is 0.150. The lowest BCUT2D eigenvalue weighted by atomic mass is 9.98. The SMILES string of the molecule is CC(=O)OC(=O)C1CCN(N2CCN(c3ccncc3)CC2)CC1. The Kier molecular flexibility index (Phi) is 5.42. The topological polar surface area (TPSA) is 66.0 Å². The van der Waals surface area contributed by atoms with E-state index in [0.29, 0.717) is 0 Å². The second kappa shape index (κ2) is 7.72. The van der Waals surface area contributed by atoms with E-state index in [2.05, 4.69) is 19.9 Å². The van der Waals surface area contributed by atoms with Crippen molar-refractivity contribution in [1.82, 2.24) is 15.0 Å². The molecule has 0 bridgehead atoms. The average molecular weight is 332 g/mol. The van der Waals surface area contributed by atoms with Gasteiger partial charge in [0.25, 0.3) is 0 Å². The van der Waals surface area contributed by atoms with Crippen molar-refractivity contribution in [1.29, 1.82) is 0 Å². The van der Waals surface area contributed by atoms with E-state index in [1.807, 2.05) is 24.5 Å². The molecule has 0 amide bonds. The fourth-order valence-corrected chi connectivity index (χ4v) is 3.40. The maximum absolute atomic E-state index is 11.8. The zero-order valence-corrected chi connectivity index (χ0v) is 14.1. The molecule has 0 radical (unpaired) electrons. The summed E-state index contributed by atoms with van der Waals surface area (Å²) in [4.78, 5) is 29.1. The van der Waals surface area contributed by atoms with E-state index in [1.54, 1.807) is 0 Å². The van der Waals surface area contributed by atoms with Crippen molar-refractivity contribution in [2.24, 2.45) is 5.92 Å². The first-order valence-electron chi connectivity index (χ1n) is 8.50. The second-order valence-corrected chi connectivity index (χ2v) is 6.29. The van der Waals surface area contributed by atoms with E-state index in [4.69, 9.17) is 4.74 Å². The highest BCUT2D eigenvalue weighted by Crippen LogP contribution is 2.22. The molecule has 3 rings (SSSR count).